The van der Waals surface area contributed by atoms with Gasteiger partial charge < -0.3 is 20.1 Å². The third kappa shape index (κ3) is 3.91. The molecule has 1 aromatic rings. The van der Waals surface area contributed by atoms with E-state index in [1.807, 2.05) is 24.3 Å². The first-order valence-electron chi connectivity index (χ1n) is 6.09. The van der Waals surface area contributed by atoms with Crippen LogP contribution in [0, 0.1) is 0 Å². The molecule has 2 N–H and O–H groups in total. The number of hydrogen-bond acceptors (Lipinski definition) is 4. The van der Waals surface area contributed by atoms with Crippen LogP contribution >= 0.6 is 0 Å². The van der Waals surface area contributed by atoms with Crippen molar-refractivity contribution in [1.29, 1.82) is 0 Å². The molecule has 1 aliphatic heterocycles. The minimum absolute atomic E-state index is 0.335. The Bertz CT molecular complexity index is 338. The van der Waals surface area contributed by atoms with E-state index in [1.165, 1.54) is 0 Å². The van der Waals surface area contributed by atoms with Crippen molar-refractivity contribution in [2.45, 2.75) is 12.5 Å². The van der Waals surface area contributed by atoms with Crippen molar-refractivity contribution in [3.63, 3.8) is 0 Å². The molecule has 0 aromatic heterocycles. The van der Waals surface area contributed by atoms with Gasteiger partial charge in [-0.15, -0.1) is 0 Å². The van der Waals surface area contributed by atoms with Crippen LogP contribution in [0.2, 0.25) is 0 Å². The maximum atomic E-state index is 5.63. The average molecular weight is 236 g/mol. The minimum Gasteiger partial charge on any atom is -0.497 e. The highest BCUT2D eigenvalue weighted by Crippen LogP contribution is 2.16. The van der Waals surface area contributed by atoms with E-state index in [0.29, 0.717) is 6.10 Å². The maximum absolute atomic E-state index is 5.63. The molecular formula is C13H20N2O2. The summed E-state index contributed by atoms with van der Waals surface area (Å²) in [5.74, 6) is 0.880. The number of benzene rings is 1. The summed E-state index contributed by atoms with van der Waals surface area (Å²) in [6.45, 7) is 3.67. The molecule has 0 radical (unpaired) electrons. The van der Waals surface area contributed by atoms with Crippen LogP contribution in [0.1, 0.15) is 6.42 Å². The molecule has 0 spiro atoms. The molecule has 1 fully saturated rings. The molecule has 2 rings (SSSR count). The van der Waals surface area contributed by atoms with Gasteiger partial charge >= 0.3 is 0 Å². The maximum Gasteiger partial charge on any atom is 0.120 e. The lowest BCUT2D eigenvalue weighted by atomic mass is 10.2. The third-order valence-corrected chi connectivity index (χ3v) is 2.87. The molecule has 0 saturated carbocycles. The zero-order valence-electron chi connectivity index (χ0n) is 10.2. The number of methoxy groups -OCH3 is 1. The van der Waals surface area contributed by atoms with Crippen LogP contribution in [0.3, 0.4) is 0 Å². The molecular weight excluding hydrogens is 216 g/mol. The van der Waals surface area contributed by atoms with Crippen molar-refractivity contribution in [2.24, 2.45) is 0 Å². The monoisotopic (exact) mass is 236 g/mol. The lowest BCUT2D eigenvalue weighted by Gasteiger charge is -2.23. The van der Waals surface area contributed by atoms with Crippen molar-refractivity contribution in [1.82, 2.24) is 5.32 Å². The normalized spacial score (nSPS) is 19.9. The highest BCUT2D eigenvalue weighted by molar-refractivity contribution is 5.48. The van der Waals surface area contributed by atoms with Gasteiger partial charge in [0, 0.05) is 31.4 Å². The molecule has 4 heteroatoms. The fourth-order valence-electron chi connectivity index (χ4n) is 1.92. The van der Waals surface area contributed by atoms with E-state index in [2.05, 4.69) is 10.6 Å². The molecule has 94 valence electrons. The summed E-state index contributed by atoms with van der Waals surface area (Å²) in [7, 11) is 1.68. The molecule has 1 unspecified atom stereocenters. The van der Waals surface area contributed by atoms with E-state index in [1.54, 1.807) is 7.11 Å². The van der Waals surface area contributed by atoms with E-state index in [-0.39, 0.29) is 0 Å². The Morgan fingerprint density at radius 3 is 3.24 bits per heavy atom. The molecule has 1 aliphatic rings. The first kappa shape index (κ1) is 12.2. The summed E-state index contributed by atoms with van der Waals surface area (Å²) in [5.41, 5.74) is 1.09. The predicted octanol–water partition coefficient (Wildman–Crippen LogP) is 1.49. The van der Waals surface area contributed by atoms with Crippen molar-refractivity contribution < 1.29 is 9.47 Å². The van der Waals surface area contributed by atoms with E-state index in [9.17, 15) is 0 Å². The minimum atomic E-state index is 0.335. The standard InChI is InChI=1S/C13H20N2O2/c1-16-12-4-2-3-11(9-12)15-6-5-13-10-14-7-8-17-13/h2-4,9,13-15H,5-8,10H2,1H3. The van der Waals surface area contributed by atoms with Crippen molar-refractivity contribution in [3.05, 3.63) is 24.3 Å². The zero-order chi connectivity index (χ0) is 11.9. The zero-order valence-corrected chi connectivity index (χ0v) is 10.2. The van der Waals surface area contributed by atoms with Crippen LogP contribution < -0.4 is 15.4 Å². The van der Waals surface area contributed by atoms with Gasteiger partial charge in [0.05, 0.1) is 19.8 Å². The first-order valence-corrected chi connectivity index (χ1v) is 6.09. The molecule has 0 amide bonds. The van der Waals surface area contributed by atoms with Crippen LogP contribution in [0.4, 0.5) is 5.69 Å². The predicted molar refractivity (Wildman–Crippen MR) is 68.7 cm³/mol. The Kier molecular flexibility index (Phi) is 4.64. The van der Waals surface area contributed by atoms with Gasteiger partial charge in [0.15, 0.2) is 0 Å². The Balaban J connectivity index is 1.73. The Hall–Kier alpha value is -1.26. The quantitative estimate of drug-likeness (QED) is 0.813. The van der Waals surface area contributed by atoms with E-state index < -0.39 is 0 Å². The Morgan fingerprint density at radius 1 is 1.53 bits per heavy atom. The summed E-state index contributed by atoms with van der Waals surface area (Å²) in [6.07, 6.45) is 1.35. The average Bonchev–Trinajstić information content (AvgIpc) is 2.40. The van der Waals surface area contributed by atoms with Crippen LogP contribution in [0.15, 0.2) is 24.3 Å². The highest BCUT2D eigenvalue weighted by atomic mass is 16.5. The SMILES string of the molecule is COc1cccc(NCCC2CNCCO2)c1. The number of hydrogen-bond donors (Lipinski definition) is 2. The van der Waals surface area contributed by atoms with Gasteiger partial charge in [0.1, 0.15) is 5.75 Å². The lowest BCUT2D eigenvalue weighted by Crippen LogP contribution is -2.39. The first-order chi connectivity index (χ1) is 8.38. The molecule has 17 heavy (non-hydrogen) atoms. The summed E-state index contributed by atoms with van der Waals surface area (Å²) in [4.78, 5) is 0. The van der Waals surface area contributed by atoms with Gasteiger partial charge in [-0.25, -0.2) is 0 Å². The topological polar surface area (TPSA) is 42.5 Å². The molecule has 1 atom stereocenters. The summed E-state index contributed by atoms with van der Waals surface area (Å²) in [5, 5.41) is 6.71. The van der Waals surface area contributed by atoms with Gasteiger partial charge in [0.2, 0.25) is 0 Å². The molecule has 1 heterocycles. The van der Waals surface area contributed by atoms with E-state index in [0.717, 1.165) is 44.1 Å². The second-order valence-corrected chi connectivity index (χ2v) is 4.14. The summed E-state index contributed by atoms with van der Waals surface area (Å²) < 4.78 is 10.8. The number of ether oxygens (including phenoxy) is 2. The van der Waals surface area contributed by atoms with E-state index in [4.69, 9.17) is 9.47 Å². The summed E-state index contributed by atoms with van der Waals surface area (Å²) >= 11 is 0. The molecule has 4 nitrogen and oxygen atoms in total. The lowest BCUT2D eigenvalue weighted by molar-refractivity contribution is 0.0258. The van der Waals surface area contributed by atoms with E-state index >= 15 is 0 Å². The van der Waals surface area contributed by atoms with Crippen LogP contribution in [-0.2, 0) is 4.74 Å². The van der Waals surface area contributed by atoms with Gasteiger partial charge in [-0.3, -0.25) is 0 Å². The van der Waals surface area contributed by atoms with Crippen molar-refractivity contribution >= 4 is 5.69 Å². The highest BCUT2D eigenvalue weighted by Gasteiger charge is 2.12. The summed E-state index contributed by atoms with van der Waals surface area (Å²) in [6, 6.07) is 7.97. The largest absolute Gasteiger partial charge is 0.497 e. The molecule has 0 aliphatic carbocycles. The molecule has 1 saturated heterocycles. The fraction of sp³-hybridized carbons (Fsp3) is 0.538. The molecule has 0 bridgehead atoms. The Morgan fingerprint density at radius 2 is 2.47 bits per heavy atom. The van der Waals surface area contributed by atoms with Crippen molar-refractivity contribution in [3.8, 4) is 5.75 Å². The van der Waals surface area contributed by atoms with Crippen LogP contribution in [0.5, 0.6) is 5.75 Å². The number of morpholine rings is 1. The van der Waals surface area contributed by atoms with Gasteiger partial charge in [-0.05, 0) is 18.6 Å². The number of nitrogens with one attached hydrogen (secondary N) is 2. The van der Waals surface area contributed by atoms with Gasteiger partial charge in [0.25, 0.3) is 0 Å². The van der Waals surface area contributed by atoms with Crippen molar-refractivity contribution in [2.75, 3.05) is 38.7 Å². The molecule has 1 aromatic carbocycles. The second kappa shape index (κ2) is 6.47. The Labute approximate surface area is 102 Å². The van der Waals surface area contributed by atoms with Gasteiger partial charge in [-0.2, -0.15) is 0 Å². The van der Waals surface area contributed by atoms with Crippen LogP contribution in [-0.4, -0.2) is 39.5 Å². The number of rotatable bonds is 5. The third-order valence-electron chi connectivity index (χ3n) is 2.87. The smallest absolute Gasteiger partial charge is 0.120 e. The fourth-order valence-corrected chi connectivity index (χ4v) is 1.92. The second-order valence-electron chi connectivity index (χ2n) is 4.14. The van der Waals surface area contributed by atoms with Gasteiger partial charge in [-0.1, -0.05) is 6.07 Å². The van der Waals surface area contributed by atoms with Crippen LogP contribution in [0.25, 0.3) is 0 Å². The number of anilines is 1.